The van der Waals surface area contributed by atoms with Crippen LogP contribution in [0.3, 0.4) is 0 Å². The van der Waals surface area contributed by atoms with Gasteiger partial charge < -0.3 is 10.1 Å². The Labute approximate surface area is 74.0 Å². The summed E-state index contributed by atoms with van der Waals surface area (Å²) < 4.78 is 5.69. The summed E-state index contributed by atoms with van der Waals surface area (Å²) in [5.41, 5.74) is 1.54. The van der Waals surface area contributed by atoms with E-state index in [9.17, 15) is 0 Å². The van der Waals surface area contributed by atoms with Crippen molar-refractivity contribution in [3.05, 3.63) is 11.6 Å². The minimum absolute atomic E-state index is 0.388. The van der Waals surface area contributed by atoms with Crippen LogP contribution in [-0.2, 0) is 4.74 Å². The third kappa shape index (κ3) is 1.87. The second-order valence-electron chi connectivity index (χ2n) is 3.59. The lowest BCUT2D eigenvalue weighted by atomic mass is 9.95. The van der Waals surface area contributed by atoms with Crippen molar-refractivity contribution in [1.82, 2.24) is 5.32 Å². The Morgan fingerprint density at radius 2 is 2.42 bits per heavy atom. The quantitative estimate of drug-likeness (QED) is 0.597. The fourth-order valence-electron chi connectivity index (χ4n) is 1.96. The molecule has 1 heterocycles. The highest BCUT2D eigenvalue weighted by Gasteiger charge is 2.18. The van der Waals surface area contributed by atoms with Crippen molar-refractivity contribution in [2.75, 3.05) is 19.7 Å². The molecule has 1 fully saturated rings. The molecule has 1 saturated heterocycles. The van der Waals surface area contributed by atoms with Crippen molar-refractivity contribution >= 4 is 0 Å². The van der Waals surface area contributed by atoms with Gasteiger partial charge in [-0.1, -0.05) is 6.08 Å². The first-order chi connectivity index (χ1) is 5.97. The molecule has 0 bridgehead atoms. The molecule has 0 aromatic carbocycles. The SMILES string of the molecule is C1=C(C2CNCCO2)CCCC1. The lowest BCUT2D eigenvalue weighted by Gasteiger charge is -2.27. The highest BCUT2D eigenvalue weighted by atomic mass is 16.5. The van der Waals surface area contributed by atoms with Gasteiger partial charge in [-0.3, -0.25) is 0 Å². The monoisotopic (exact) mass is 167 g/mol. The first-order valence-electron chi connectivity index (χ1n) is 4.98. The number of ether oxygens (including phenoxy) is 1. The van der Waals surface area contributed by atoms with Crippen LogP contribution in [0.1, 0.15) is 25.7 Å². The topological polar surface area (TPSA) is 21.3 Å². The van der Waals surface area contributed by atoms with Crippen LogP contribution in [0.2, 0.25) is 0 Å². The van der Waals surface area contributed by atoms with E-state index in [-0.39, 0.29) is 0 Å². The second kappa shape index (κ2) is 4.06. The summed E-state index contributed by atoms with van der Waals surface area (Å²) in [5, 5.41) is 3.37. The number of morpholine rings is 1. The van der Waals surface area contributed by atoms with Gasteiger partial charge in [0.2, 0.25) is 0 Å². The molecule has 1 aliphatic carbocycles. The van der Waals surface area contributed by atoms with Crippen LogP contribution in [0.5, 0.6) is 0 Å². The Morgan fingerprint density at radius 1 is 1.42 bits per heavy atom. The number of rotatable bonds is 1. The van der Waals surface area contributed by atoms with E-state index in [0.29, 0.717) is 6.10 Å². The zero-order valence-electron chi connectivity index (χ0n) is 7.51. The smallest absolute Gasteiger partial charge is 0.0909 e. The first-order valence-corrected chi connectivity index (χ1v) is 4.98. The maximum Gasteiger partial charge on any atom is 0.0909 e. The van der Waals surface area contributed by atoms with Gasteiger partial charge in [0, 0.05) is 13.1 Å². The molecule has 2 aliphatic rings. The van der Waals surface area contributed by atoms with Gasteiger partial charge in [-0.15, -0.1) is 0 Å². The van der Waals surface area contributed by atoms with Crippen molar-refractivity contribution in [3.63, 3.8) is 0 Å². The summed E-state index contributed by atoms with van der Waals surface area (Å²) >= 11 is 0. The lowest BCUT2D eigenvalue weighted by molar-refractivity contribution is 0.0488. The molecular weight excluding hydrogens is 150 g/mol. The van der Waals surface area contributed by atoms with Gasteiger partial charge in [-0.25, -0.2) is 0 Å². The number of nitrogens with one attached hydrogen (secondary N) is 1. The number of hydrogen-bond donors (Lipinski definition) is 1. The van der Waals surface area contributed by atoms with E-state index in [2.05, 4.69) is 11.4 Å². The molecule has 2 heteroatoms. The summed E-state index contributed by atoms with van der Waals surface area (Å²) in [6.07, 6.45) is 8.00. The van der Waals surface area contributed by atoms with E-state index in [1.54, 1.807) is 0 Å². The molecule has 1 N–H and O–H groups in total. The van der Waals surface area contributed by atoms with Crippen molar-refractivity contribution in [2.45, 2.75) is 31.8 Å². The van der Waals surface area contributed by atoms with E-state index in [1.807, 2.05) is 0 Å². The maximum absolute atomic E-state index is 5.69. The van der Waals surface area contributed by atoms with Gasteiger partial charge in [-0.2, -0.15) is 0 Å². The Hall–Kier alpha value is -0.340. The van der Waals surface area contributed by atoms with Crippen molar-refractivity contribution in [1.29, 1.82) is 0 Å². The Balaban J connectivity index is 1.92. The van der Waals surface area contributed by atoms with Crippen molar-refractivity contribution < 1.29 is 4.74 Å². The molecule has 0 amide bonds. The minimum Gasteiger partial charge on any atom is -0.371 e. The molecule has 0 spiro atoms. The van der Waals surface area contributed by atoms with Crippen LogP contribution in [0.15, 0.2) is 11.6 Å². The molecule has 1 unspecified atom stereocenters. The van der Waals surface area contributed by atoms with Crippen molar-refractivity contribution in [3.8, 4) is 0 Å². The molecule has 1 atom stereocenters. The summed E-state index contributed by atoms with van der Waals surface area (Å²) in [6, 6.07) is 0. The minimum atomic E-state index is 0.388. The first kappa shape index (κ1) is 8.27. The second-order valence-corrected chi connectivity index (χ2v) is 3.59. The molecule has 12 heavy (non-hydrogen) atoms. The van der Waals surface area contributed by atoms with Gasteiger partial charge in [0.05, 0.1) is 12.7 Å². The molecule has 0 radical (unpaired) electrons. The predicted octanol–water partition coefficient (Wildman–Crippen LogP) is 1.48. The fourth-order valence-corrected chi connectivity index (χ4v) is 1.96. The van der Waals surface area contributed by atoms with Crippen LogP contribution in [0.4, 0.5) is 0 Å². The lowest BCUT2D eigenvalue weighted by Crippen LogP contribution is -2.39. The van der Waals surface area contributed by atoms with Gasteiger partial charge in [-0.05, 0) is 31.3 Å². The van der Waals surface area contributed by atoms with Gasteiger partial charge in [0.1, 0.15) is 0 Å². The normalized spacial score (nSPS) is 31.3. The Morgan fingerprint density at radius 3 is 3.08 bits per heavy atom. The molecule has 68 valence electrons. The van der Waals surface area contributed by atoms with Crippen LogP contribution >= 0.6 is 0 Å². The molecule has 0 aromatic heterocycles. The van der Waals surface area contributed by atoms with Crippen LogP contribution in [-0.4, -0.2) is 25.8 Å². The molecule has 2 rings (SSSR count). The summed E-state index contributed by atoms with van der Waals surface area (Å²) in [6.45, 7) is 2.91. The van der Waals surface area contributed by atoms with Crippen molar-refractivity contribution in [2.24, 2.45) is 0 Å². The van der Waals surface area contributed by atoms with Gasteiger partial charge >= 0.3 is 0 Å². The van der Waals surface area contributed by atoms with E-state index in [0.717, 1.165) is 19.7 Å². The van der Waals surface area contributed by atoms with Crippen LogP contribution in [0, 0.1) is 0 Å². The van der Waals surface area contributed by atoms with Gasteiger partial charge in [0.25, 0.3) is 0 Å². The Kier molecular flexibility index (Phi) is 2.79. The van der Waals surface area contributed by atoms with Crippen LogP contribution < -0.4 is 5.32 Å². The average Bonchev–Trinajstić information content (AvgIpc) is 2.21. The molecule has 1 aliphatic heterocycles. The number of allylic oxidation sites excluding steroid dienone is 1. The zero-order chi connectivity index (χ0) is 8.23. The maximum atomic E-state index is 5.69. The highest BCUT2D eigenvalue weighted by molar-refractivity contribution is 5.12. The van der Waals surface area contributed by atoms with E-state index in [1.165, 1.54) is 31.3 Å². The Bertz CT molecular complexity index is 171. The molecule has 0 saturated carbocycles. The van der Waals surface area contributed by atoms with E-state index >= 15 is 0 Å². The average molecular weight is 167 g/mol. The summed E-state index contributed by atoms with van der Waals surface area (Å²) in [4.78, 5) is 0. The van der Waals surface area contributed by atoms with Crippen LogP contribution in [0.25, 0.3) is 0 Å². The van der Waals surface area contributed by atoms with E-state index in [4.69, 9.17) is 4.74 Å². The standard InChI is InChI=1S/C10H17NO/c1-2-4-9(5-3-1)10-8-11-6-7-12-10/h4,10-11H,1-3,5-8H2. The third-order valence-corrected chi connectivity index (χ3v) is 2.67. The fraction of sp³-hybridized carbons (Fsp3) is 0.800. The summed E-state index contributed by atoms with van der Waals surface area (Å²) in [5.74, 6) is 0. The molecule has 0 aromatic rings. The third-order valence-electron chi connectivity index (χ3n) is 2.67. The predicted molar refractivity (Wildman–Crippen MR) is 49.2 cm³/mol. The highest BCUT2D eigenvalue weighted by Crippen LogP contribution is 2.22. The van der Waals surface area contributed by atoms with E-state index < -0.39 is 0 Å². The number of hydrogen-bond acceptors (Lipinski definition) is 2. The molecular formula is C10H17NO. The molecule has 2 nitrogen and oxygen atoms in total. The van der Waals surface area contributed by atoms with Gasteiger partial charge in [0.15, 0.2) is 0 Å². The largest absolute Gasteiger partial charge is 0.371 e. The summed E-state index contributed by atoms with van der Waals surface area (Å²) in [7, 11) is 0. The zero-order valence-corrected chi connectivity index (χ0v) is 7.51.